The maximum absolute atomic E-state index is 14.2. The number of halogens is 1. The Balaban J connectivity index is 1.92. The number of amides is 1. The van der Waals surface area contributed by atoms with Gasteiger partial charge in [0.05, 0.1) is 12.1 Å². The van der Waals surface area contributed by atoms with E-state index in [1.807, 2.05) is 30.3 Å². The highest BCUT2D eigenvalue weighted by Gasteiger charge is 2.27. The fraction of sp³-hybridized carbons (Fsp3) is 0.235. The Morgan fingerprint density at radius 2 is 2.05 bits per heavy atom. The second-order valence-corrected chi connectivity index (χ2v) is 5.16. The van der Waals surface area contributed by atoms with Gasteiger partial charge in [-0.1, -0.05) is 36.4 Å². The first kappa shape index (κ1) is 13.6. The van der Waals surface area contributed by atoms with Crippen LogP contribution in [0.2, 0.25) is 0 Å². The van der Waals surface area contributed by atoms with Gasteiger partial charge in [0.15, 0.2) is 0 Å². The molecule has 0 saturated carbocycles. The summed E-state index contributed by atoms with van der Waals surface area (Å²) in [6.45, 7) is 1.90. The highest BCUT2D eigenvalue weighted by molar-refractivity contribution is 5.74. The number of fused-ring (bicyclic) bond motifs is 1. The van der Waals surface area contributed by atoms with E-state index in [4.69, 9.17) is 4.74 Å². The van der Waals surface area contributed by atoms with Crippen molar-refractivity contribution >= 4 is 5.91 Å². The van der Waals surface area contributed by atoms with Crippen molar-refractivity contribution in [1.29, 1.82) is 0 Å². The van der Waals surface area contributed by atoms with Crippen molar-refractivity contribution in [2.45, 2.75) is 19.4 Å². The summed E-state index contributed by atoms with van der Waals surface area (Å²) in [5.74, 6) is 0.209. The van der Waals surface area contributed by atoms with Gasteiger partial charge in [0, 0.05) is 13.3 Å². The summed E-state index contributed by atoms with van der Waals surface area (Å²) >= 11 is 0. The highest BCUT2D eigenvalue weighted by atomic mass is 19.1. The molecule has 21 heavy (non-hydrogen) atoms. The molecule has 0 fully saturated rings. The minimum absolute atomic E-state index is 0.0935. The molecule has 3 nitrogen and oxygen atoms in total. The fourth-order valence-corrected chi connectivity index (χ4v) is 2.60. The van der Waals surface area contributed by atoms with Crippen LogP contribution in [0.1, 0.15) is 12.5 Å². The second-order valence-electron chi connectivity index (χ2n) is 5.16. The van der Waals surface area contributed by atoms with E-state index in [1.165, 1.54) is 13.0 Å². The Labute approximate surface area is 122 Å². The lowest BCUT2D eigenvalue weighted by atomic mass is 10.00. The third kappa shape index (κ3) is 2.75. The number of benzene rings is 2. The molecule has 1 N–H and O–H groups in total. The highest BCUT2D eigenvalue weighted by Crippen LogP contribution is 2.40. The molecular formula is C17H16FNO2. The zero-order valence-electron chi connectivity index (χ0n) is 11.7. The Kier molecular flexibility index (Phi) is 3.60. The lowest BCUT2D eigenvalue weighted by Gasteiger charge is -2.13. The van der Waals surface area contributed by atoms with Crippen LogP contribution in [0.3, 0.4) is 0 Å². The third-order valence-electron chi connectivity index (χ3n) is 3.56. The Morgan fingerprint density at radius 1 is 1.29 bits per heavy atom. The van der Waals surface area contributed by atoms with Gasteiger partial charge < -0.3 is 10.1 Å². The van der Waals surface area contributed by atoms with Crippen LogP contribution >= 0.6 is 0 Å². The molecule has 2 aromatic rings. The van der Waals surface area contributed by atoms with Gasteiger partial charge in [0.1, 0.15) is 17.7 Å². The Hall–Kier alpha value is -2.36. The van der Waals surface area contributed by atoms with Gasteiger partial charge in [-0.2, -0.15) is 0 Å². The molecule has 3 rings (SSSR count). The van der Waals surface area contributed by atoms with Crippen LogP contribution in [0, 0.1) is 5.82 Å². The van der Waals surface area contributed by atoms with Crippen LogP contribution < -0.4 is 10.1 Å². The molecule has 1 amide bonds. The summed E-state index contributed by atoms with van der Waals surface area (Å²) in [5.41, 5.74) is 2.27. The quantitative estimate of drug-likeness (QED) is 0.941. The third-order valence-corrected chi connectivity index (χ3v) is 3.56. The number of rotatable bonds is 3. The predicted octanol–water partition coefficient (Wildman–Crippen LogP) is 2.93. The van der Waals surface area contributed by atoms with Crippen LogP contribution in [0.25, 0.3) is 11.1 Å². The lowest BCUT2D eigenvalue weighted by molar-refractivity contribution is -0.119. The van der Waals surface area contributed by atoms with Crippen LogP contribution in [-0.2, 0) is 11.2 Å². The van der Waals surface area contributed by atoms with Crippen LogP contribution in [0.4, 0.5) is 4.39 Å². The van der Waals surface area contributed by atoms with E-state index < -0.39 is 0 Å². The summed E-state index contributed by atoms with van der Waals surface area (Å²) in [6, 6.07) is 12.6. The summed E-state index contributed by atoms with van der Waals surface area (Å²) in [4.78, 5) is 11.0. The van der Waals surface area contributed by atoms with Crippen LogP contribution in [0.15, 0.2) is 42.5 Å². The molecule has 1 aliphatic heterocycles. The minimum Gasteiger partial charge on any atom is -0.487 e. The Bertz CT molecular complexity index is 670. The van der Waals surface area contributed by atoms with Crippen molar-refractivity contribution in [3.63, 3.8) is 0 Å². The van der Waals surface area contributed by atoms with Crippen molar-refractivity contribution in [2.24, 2.45) is 0 Å². The number of carbonyl (C=O) groups is 1. The van der Waals surface area contributed by atoms with Gasteiger partial charge in [-0.3, -0.25) is 4.79 Å². The number of hydrogen-bond donors (Lipinski definition) is 1. The lowest BCUT2D eigenvalue weighted by Crippen LogP contribution is -2.32. The predicted molar refractivity (Wildman–Crippen MR) is 78.6 cm³/mol. The standard InChI is InChI=1S/C17H16FNO2/c1-11(20)19-10-14-9-13-7-8-15(18)16(17(13)21-14)12-5-3-2-4-6-12/h2-8,14H,9-10H2,1H3,(H,19,20)/t14-/m1/s1. The van der Waals surface area contributed by atoms with E-state index in [1.54, 1.807) is 6.07 Å². The SMILES string of the molecule is CC(=O)NC[C@H]1Cc2ccc(F)c(-c3ccccc3)c2O1. The van der Waals surface area contributed by atoms with E-state index in [0.29, 0.717) is 24.3 Å². The molecule has 1 heterocycles. The van der Waals surface area contributed by atoms with Gasteiger partial charge in [0.25, 0.3) is 0 Å². The van der Waals surface area contributed by atoms with Gasteiger partial charge >= 0.3 is 0 Å². The normalized spacial score (nSPS) is 16.2. The monoisotopic (exact) mass is 285 g/mol. The first-order valence-electron chi connectivity index (χ1n) is 6.93. The van der Waals surface area contributed by atoms with Crippen molar-refractivity contribution in [2.75, 3.05) is 6.54 Å². The average molecular weight is 285 g/mol. The number of nitrogens with one attached hydrogen (secondary N) is 1. The maximum Gasteiger partial charge on any atom is 0.217 e. The van der Waals surface area contributed by atoms with Crippen molar-refractivity contribution < 1.29 is 13.9 Å². The molecule has 0 aliphatic carbocycles. The summed E-state index contributed by atoms with van der Waals surface area (Å²) in [6.07, 6.45) is 0.531. The molecule has 0 bridgehead atoms. The van der Waals surface area contributed by atoms with Crippen LogP contribution in [-0.4, -0.2) is 18.6 Å². The fourth-order valence-electron chi connectivity index (χ4n) is 2.60. The smallest absolute Gasteiger partial charge is 0.217 e. The van der Waals surface area contributed by atoms with E-state index in [9.17, 15) is 9.18 Å². The molecular weight excluding hydrogens is 269 g/mol. The zero-order valence-corrected chi connectivity index (χ0v) is 11.7. The van der Waals surface area contributed by atoms with E-state index in [2.05, 4.69) is 5.32 Å². The molecule has 1 aliphatic rings. The van der Waals surface area contributed by atoms with Crippen molar-refractivity contribution in [3.05, 3.63) is 53.8 Å². The number of ether oxygens (including phenoxy) is 1. The minimum atomic E-state index is -0.292. The van der Waals surface area contributed by atoms with E-state index in [-0.39, 0.29) is 17.8 Å². The summed E-state index contributed by atoms with van der Waals surface area (Å²) in [7, 11) is 0. The molecule has 1 atom stereocenters. The summed E-state index contributed by atoms with van der Waals surface area (Å²) < 4.78 is 20.1. The van der Waals surface area contributed by atoms with Gasteiger partial charge in [-0.05, 0) is 17.2 Å². The molecule has 2 aromatic carbocycles. The molecule has 4 heteroatoms. The molecule has 0 spiro atoms. The first-order chi connectivity index (χ1) is 10.1. The molecule has 0 unspecified atom stereocenters. The average Bonchev–Trinajstić information content (AvgIpc) is 2.89. The molecule has 108 valence electrons. The van der Waals surface area contributed by atoms with E-state index in [0.717, 1.165) is 11.1 Å². The molecule has 0 radical (unpaired) electrons. The van der Waals surface area contributed by atoms with Gasteiger partial charge in [-0.15, -0.1) is 0 Å². The van der Waals surface area contributed by atoms with E-state index >= 15 is 0 Å². The second kappa shape index (κ2) is 5.56. The Morgan fingerprint density at radius 3 is 2.76 bits per heavy atom. The van der Waals surface area contributed by atoms with Crippen molar-refractivity contribution in [1.82, 2.24) is 5.32 Å². The van der Waals surface area contributed by atoms with Crippen molar-refractivity contribution in [3.8, 4) is 16.9 Å². The number of carbonyl (C=O) groups excluding carboxylic acids is 1. The van der Waals surface area contributed by atoms with Gasteiger partial charge in [-0.25, -0.2) is 4.39 Å². The first-order valence-corrected chi connectivity index (χ1v) is 6.93. The zero-order chi connectivity index (χ0) is 14.8. The molecule has 0 aromatic heterocycles. The van der Waals surface area contributed by atoms with Crippen LogP contribution in [0.5, 0.6) is 5.75 Å². The largest absolute Gasteiger partial charge is 0.487 e. The topological polar surface area (TPSA) is 38.3 Å². The number of hydrogen-bond acceptors (Lipinski definition) is 2. The molecule has 0 saturated heterocycles. The summed E-state index contributed by atoms with van der Waals surface area (Å²) in [5, 5.41) is 2.74. The maximum atomic E-state index is 14.2. The van der Waals surface area contributed by atoms with Gasteiger partial charge in [0.2, 0.25) is 5.91 Å².